The lowest BCUT2D eigenvalue weighted by Crippen LogP contribution is -2.11. The van der Waals surface area contributed by atoms with E-state index in [1.807, 2.05) is 0 Å². The Morgan fingerprint density at radius 3 is 2.00 bits per heavy atom. The fourth-order valence-corrected chi connectivity index (χ4v) is 4.54. The average molecular weight is 475 g/mol. The summed E-state index contributed by atoms with van der Waals surface area (Å²) in [7, 11) is 0. The normalized spacial score (nSPS) is 11.1. The lowest BCUT2D eigenvalue weighted by atomic mass is 10.0. The van der Waals surface area contributed by atoms with Crippen LogP contribution < -0.4 is 10.7 Å². The quantitative estimate of drug-likeness (QED) is 0.200. The minimum absolute atomic E-state index is 0.00343. The number of fused-ring (bicyclic) bond motifs is 1. The fourth-order valence-electron chi connectivity index (χ4n) is 4.54. The van der Waals surface area contributed by atoms with Crippen molar-refractivity contribution in [2.75, 3.05) is 5.32 Å². The Hall–Kier alpha value is -2.88. The molecule has 0 aliphatic carbocycles. The van der Waals surface area contributed by atoms with Crippen LogP contribution in [0.25, 0.3) is 11.0 Å². The minimum Gasteiger partial charge on any atom is -0.453 e. The van der Waals surface area contributed by atoms with E-state index in [9.17, 15) is 9.59 Å². The number of nitrogens with one attached hydrogen (secondary N) is 1. The Bertz CT molecular complexity index is 1060. The first-order chi connectivity index (χ1) is 17.2. The Morgan fingerprint density at radius 2 is 1.34 bits per heavy atom. The first kappa shape index (κ1) is 26.7. The van der Waals surface area contributed by atoms with Gasteiger partial charge in [0, 0.05) is 18.2 Å². The van der Waals surface area contributed by atoms with Gasteiger partial charge in [0.2, 0.25) is 5.91 Å². The molecule has 1 amide bonds. The third kappa shape index (κ3) is 10.5. The maximum absolute atomic E-state index is 12.2. The molecule has 0 fully saturated rings. The van der Waals surface area contributed by atoms with Crippen LogP contribution in [0.5, 0.6) is 0 Å². The zero-order valence-electron chi connectivity index (χ0n) is 21.0. The van der Waals surface area contributed by atoms with Crippen molar-refractivity contribution in [3.63, 3.8) is 0 Å². The van der Waals surface area contributed by atoms with Crippen molar-refractivity contribution in [2.24, 2.45) is 0 Å². The number of unbranched alkanes of at least 4 members (excludes halogenated alkanes) is 12. The van der Waals surface area contributed by atoms with Crippen LogP contribution in [0.4, 0.5) is 5.69 Å². The van der Waals surface area contributed by atoms with Crippen LogP contribution in [0.1, 0.15) is 95.5 Å². The molecule has 0 bridgehead atoms. The van der Waals surface area contributed by atoms with Crippen LogP contribution in [0, 0.1) is 6.26 Å². The first-order valence-electron chi connectivity index (χ1n) is 13.5. The van der Waals surface area contributed by atoms with Crippen LogP contribution in [0.2, 0.25) is 0 Å². The molecule has 35 heavy (non-hydrogen) atoms. The lowest BCUT2D eigenvalue weighted by molar-refractivity contribution is -0.116. The van der Waals surface area contributed by atoms with Crippen LogP contribution in [0.3, 0.4) is 0 Å². The highest BCUT2D eigenvalue weighted by Crippen LogP contribution is 2.17. The first-order valence-corrected chi connectivity index (χ1v) is 13.5. The summed E-state index contributed by atoms with van der Waals surface area (Å²) in [4.78, 5) is 24.1. The summed E-state index contributed by atoms with van der Waals surface area (Å²) in [5, 5.41) is 3.34. The number of hydrogen-bond acceptors (Lipinski definition) is 3. The van der Waals surface area contributed by atoms with Crippen LogP contribution >= 0.6 is 0 Å². The molecule has 2 aromatic carbocycles. The van der Waals surface area contributed by atoms with Crippen molar-refractivity contribution in [1.29, 1.82) is 0 Å². The minimum atomic E-state index is -0.156. The highest BCUT2D eigenvalue weighted by atomic mass is 16.3. The molecular weight excluding hydrogens is 434 g/mol. The molecule has 0 aliphatic rings. The van der Waals surface area contributed by atoms with Gasteiger partial charge in [-0.15, -0.1) is 0 Å². The van der Waals surface area contributed by atoms with E-state index in [2.05, 4.69) is 41.9 Å². The SMILES string of the molecule is O=C(CCCCCCCCCCCCCCCc1ccccc1)Nc1ccc2o[c]cc(=O)c2c1. The Balaban J connectivity index is 1.10. The molecule has 0 unspecified atom stereocenters. The molecule has 0 saturated heterocycles. The summed E-state index contributed by atoms with van der Waals surface area (Å²) < 4.78 is 5.18. The fraction of sp³-hybridized carbons (Fsp3) is 0.484. The molecule has 1 aromatic heterocycles. The maximum Gasteiger partial charge on any atom is 0.224 e. The summed E-state index contributed by atoms with van der Waals surface area (Å²) >= 11 is 0. The monoisotopic (exact) mass is 474 g/mol. The molecular formula is C31H40NO3. The van der Waals surface area contributed by atoms with E-state index in [4.69, 9.17) is 4.42 Å². The Kier molecular flexibility index (Phi) is 12.1. The highest BCUT2D eigenvalue weighted by molar-refractivity contribution is 5.93. The molecule has 0 saturated carbocycles. The van der Waals surface area contributed by atoms with Crippen molar-refractivity contribution in [3.05, 3.63) is 76.6 Å². The van der Waals surface area contributed by atoms with Crippen LogP contribution in [0.15, 0.2) is 63.8 Å². The summed E-state index contributed by atoms with van der Waals surface area (Å²) in [6.45, 7) is 0. The highest BCUT2D eigenvalue weighted by Gasteiger charge is 2.06. The molecule has 1 N–H and O–H groups in total. The van der Waals surface area contributed by atoms with Gasteiger partial charge in [0.25, 0.3) is 0 Å². The van der Waals surface area contributed by atoms with E-state index in [1.54, 1.807) is 18.2 Å². The van der Waals surface area contributed by atoms with Crippen molar-refractivity contribution in [2.45, 2.75) is 96.3 Å². The van der Waals surface area contributed by atoms with E-state index in [0.717, 1.165) is 12.8 Å². The molecule has 1 radical (unpaired) electrons. The Morgan fingerprint density at radius 1 is 0.743 bits per heavy atom. The second-order valence-electron chi connectivity index (χ2n) is 9.57. The van der Waals surface area contributed by atoms with E-state index >= 15 is 0 Å². The predicted octanol–water partition coefficient (Wildman–Crippen LogP) is 8.24. The summed E-state index contributed by atoms with van der Waals surface area (Å²) in [6, 6.07) is 17.2. The molecule has 0 atom stereocenters. The van der Waals surface area contributed by atoms with Gasteiger partial charge >= 0.3 is 0 Å². The van der Waals surface area contributed by atoms with E-state index < -0.39 is 0 Å². The number of carbonyl (C=O) groups is 1. The molecule has 4 nitrogen and oxygen atoms in total. The van der Waals surface area contributed by atoms with Gasteiger partial charge in [0.05, 0.1) is 5.39 Å². The van der Waals surface area contributed by atoms with E-state index in [1.165, 1.54) is 88.7 Å². The summed E-state index contributed by atoms with van der Waals surface area (Å²) in [5.74, 6) is -0.00343. The predicted molar refractivity (Wildman–Crippen MR) is 145 cm³/mol. The van der Waals surface area contributed by atoms with Gasteiger partial charge < -0.3 is 9.73 Å². The second-order valence-corrected chi connectivity index (χ2v) is 9.57. The molecule has 4 heteroatoms. The molecule has 3 aromatic rings. The number of rotatable bonds is 17. The number of aryl methyl sites for hydroxylation is 1. The number of benzene rings is 2. The number of anilines is 1. The number of hydrogen-bond donors (Lipinski definition) is 1. The third-order valence-electron chi connectivity index (χ3n) is 6.60. The molecule has 187 valence electrons. The van der Waals surface area contributed by atoms with Crippen LogP contribution in [-0.4, -0.2) is 5.91 Å². The molecule has 0 aliphatic heterocycles. The topological polar surface area (TPSA) is 59.3 Å². The zero-order chi connectivity index (χ0) is 24.6. The summed E-state index contributed by atoms with van der Waals surface area (Å²) in [6.07, 6.45) is 20.8. The Labute approximate surface area is 210 Å². The van der Waals surface area contributed by atoms with Crippen molar-refractivity contribution in [1.82, 2.24) is 0 Å². The van der Waals surface area contributed by atoms with Crippen molar-refractivity contribution < 1.29 is 9.21 Å². The molecule has 1 heterocycles. The van der Waals surface area contributed by atoms with Crippen molar-refractivity contribution in [3.8, 4) is 0 Å². The van der Waals surface area contributed by atoms with Crippen molar-refractivity contribution >= 4 is 22.6 Å². The van der Waals surface area contributed by atoms with Gasteiger partial charge in [-0.3, -0.25) is 9.59 Å². The zero-order valence-corrected chi connectivity index (χ0v) is 21.0. The largest absolute Gasteiger partial charge is 0.453 e. The summed E-state index contributed by atoms with van der Waals surface area (Å²) in [5.41, 5.74) is 2.42. The van der Waals surface area contributed by atoms with Gasteiger partial charge in [0.15, 0.2) is 11.7 Å². The van der Waals surface area contributed by atoms with E-state index in [-0.39, 0.29) is 11.3 Å². The molecule has 3 rings (SSSR count). The smallest absolute Gasteiger partial charge is 0.224 e. The average Bonchev–Trinajstić information content (AvgIpc) is 2.87. The van der Waals surface area contributed by atoms with Gasteiger partial charge in [-0.1, -0.05) is 101 Å². The van der Waals surface area contributed by atoms with Gasteiger partial charge in [-0.05, 0) is 43.0 Å². The van der Waals surface area contributed by atoms with Gasteiger partial charge in [-0.25, -0.2) is 0 Å². The van der Waals surface area contributed by atoms with Crippen LogP contribution in [-0.2, 0) is 11.2 Å². The van der Waals surface area contributed by atoms with Gasteiger partial charge in [0.1, 0.15) is 5.58 Å². The maximum atomic E-state index is 12.2. The standard InChI is InChI=1S/C31H40NO3/c33-29-23-24-35-30-22-21-27(25-28(29)30)32-31(34)20-16-11-9-7-5-3-1-2-4-6-8-10-13-17-26-18-14-12-15-19-26/h12,14-15,18-19,21-23,25H,1-11,13,16-17,20H2,(H,32,34). The number of amides is 1. The van der Waals surface area contributed by atoms with E-state index in [0.29, 0.717) is 23.1 Å². The molecule has 0 spiro atoms. The lowest BCUT2D eigenvalue weighted by Gasteiger charge is -2.06. The third-order valence-corrected chi connectivity index (χ3v) is 6.60. The van der Waals surface area contributed by atoms with Gasteiger partial charge in [-0.2, -0.15) is 0 Å². The second kappa shape index (κ2) is 15.9. The number of carbonyl (C=O) groups excluding carboxylic acids is 1.